The number of ketones is 1. The van der Waals surface area contributed by atoms with Gasteiger partial charge in [-0.3, -0.25) is 9.59 Å². The van der Waals surface area contributed by atoms with Crippen LogP contribution in [0.25, 0.3) is 0 Å². The molecular weight excluding hydrogens is 391 g/mol. The molecule has 3 rings (SSSR count). The lowest BCUT2D eigenvalue weighted by molar-refractivity contribution is -0.937. The summed E-state index contributed by atoms with van der Waals surface area (Å²) in [6.07, 6.45) is 0.371. The Kier molecular flexibility index (Phi) is 7.52. The topological polar surface area (TPSA) is 59.8 Å². The van der Waals surface area contributed by atoms with Crippen molar-refractivity contribution in [3.63, 3.8) is 0 Å². The number of halogens is 1. The second-order valence-electron chi connectivity index (χ2n) is 7.43. The number of hydrogen-bond donors (Lipinski definition) is 2. The molecule has 2 heterocycles. The average molecular weight is 420 g/mol. The molecule has 156 valence electrons. The molecular formula is C22H28FN2O3S+. The van der Waals surface area contributed by atoms with E-state index in [2.05, 4.69) is 5.32 Å². The van der Waals surface area contributed by atoms with Crippen LogP contribution in [0.2, 0.25) is 0 Å². The molecule has 7 heteroatoms. The Morgan fingerprint density at radius 2 is 1.86 bits per heavy atom. The van der Waals surface area contributed by atoms with Crippen LogP contribution < -0.4 is 10.2 Å². The summed E-state index contributed by atoms with van der Waals surface area (Å²) in [4.78, 5) is 28.2. The summed E-state index contributed by atoms with van der Waals surface area (Å²) in [5.74, 6) is -0.399. The molecule has 1 aliphatic heterocycles. The van der Waals surface area contributed by atoms with Gasteiger partial charge in [-0.25, -0.2) is 4.39 Å². The van der Waals surface area contributed by atoms with Gasteiger partial charge in [0, 0.05) is 33.7 Å². The number of ether oxygens (including phenoxy) is 1. The van der Waals surface area contributed by atoms with Gasteiger partial charge in [0.1, 0.15) is 24.9 Å². The average Bonchev–Trinajstić information content (AvgIpc) is 3.06. The summed E-state index contributed by atoms with van der Waals surface area (Å²) >= 11 is 1.60. The van der Waals surface area contributed by atoms with Crippen molar-refractivity contribution in [2.45, 2.75) is 32.7 Å². The van der Waals surface area contributed by atoms with Crippen molar-refractivity contribution in [3.8, 4) is 0 Å². The number of quaternary nitrogens is 1. The molecule has 1 atom stereocenters. The van der Waals surface area contributed by atoms with Gasteiger partial charge in [0.15, 0.2) is 5.78 Å². The first-order valence-electron chi connectivity index (χ1n) is 9.98. The third-order valence-corrected chi connectivity index (χ3v) is 6.29. The number of amides is 1. The van der Waals surface area contributed by atoms with E-state index in [9.17, 15) is 14.0 Å². The molecule has 2 aromatic rings. The monoisotopic (exact) mass is 419 g/mol. The van der Waals surface area contributed by atoms with Crippen LogP contribution >= 0.6 is 11.3 Å². The molecule has 0 unspecified atom stereocenters. The smallest absolute Gasteiger partial charge is 0.220 e. The number of Topliss-reactive ketones (excluding diaryl/α,β-unsaturated/α-hetero) is 1. The van der Waals surface area contributed by atoms with Gasteiger partial charge in [-0.1, -0.05) is 12.1 Å². The SMILES string of the molecule is Cc1cc(C(=O)CCC(=O)NC[C@H](c2ccc(F)cc2)[NH+]2CCOCC2)c(C)s1. The first kappa shape index (κ1) is 21.6. The van der Waals surface area contributed by atoms with Crippen LogP contribution in [-0.2, 0) is 9.53 Å². The Bertz CT molecular complexity index is 844. The highest BCUT2D eigenvalue weighted by Crippen LogP contribution is 2.22. The highest BCUT2D eigenvalue weighted by Gasteiger charge is 2.27. The van der Waals surface area contributed by atoms with E-state index >= 15 is 0 Å². The summed E-state index contributed by atoms with van der Waals surface area (Å²) < 4.78 is 18.8. The van der Waals surface area contributed by atoms with Gasteiger partial charge in [0.05, 0.1) is 19.8 Å². The molecule has 1 amide bonds. The van der Waals surface area contributed by atoms with Gasteiger partial charge in [0.2, 0.25) is 5.91 Å². The van der Waals surface area contributed by atoms with Crippen LogP contribution in [0.5, 0.6) is 0 Å². The Balaban J connectivity index is 1.56. The summed E-state index contributed by atoms with van der Waals surface area (Å²) in [7, 11) is 0. The maximum absolute atomic E-state index is 13.3. The number of benzene rings is 1. The number of carbonyl (C=O) groups is 2. The number of hydrogen-bond acceptors (Lipinski definition) is 4. The lowest BCUT2D eigenvalue weighted by atomic mass is 10.0. The minimum atomic E-state index is -0.272. The standard InChI is InChI=1S/C22H27FN2O3S/c1-15-13-19(16(2)29-15)21(26)7-8-22(27)24-14-20(25-9-11-28-12-10-25)17-3-5-18(23)6-4-17/h3-6,13,20H,7-12,14H2,1-2H3,(H,24,27)/p+1/t20-/m1/s1. The Labute approximate surface area is 174 Å². The van der Waals surface area contributed by atoms with E-state index in [-0.39, 0.29) is 36.4 Å². The zero-order valence-electron chi connectivity index (χ0n) is 16.9. The second-order valence-corrected chi connectivity index (χ2v) is 8.89. The Morgan fingerprint density at radius 1 is 1.17 bits per heavy atom. The van der Waals surface area contributed by atoms with E-state index in [1.807, 2.05) is 19.9 Å². The van der Waals surface area contributed by atoms with E-state index in [0.717, 1.165) is 34.0 Å². The van der Waals surface area contributed by atoms with Gasteiger partial charge < -0.3 is 15.0 Å². The van der Waals surface area contributed by atoms with Crippen LogP contribution in [0.15, 0.2) is 30.3 Å². The van der Waals surface area contributed by atoms with Crippen LogP contribution in [0.4, 0.5) is 4.39 Å². The van der Waals surface area contributed by atoms with Crippen molar-refractivity contribution < 1.29 is 23.6 Å². The number of carbonyl (C=O) groups excluding carboxylic acids is 2. The Morgan fingerprint density at radius 3 is 2.48 bits per heavy atom. The van der Waals surface area contributed by atoms with E-state index in [1.165, 1.54) is 17.0 Å². The number of rotatable bonds is 8. The zero-order valence-corrected chi connectivity index (χ0v) is 17.7. The molecule has 29 heavy (non-hydrogen) atoms. The quantitative estimate of drug-likeness (QED) is 0.645. The van der Waals surface area contributed by atoms with Gasteiger partial charge >= 0.3 is 0 Å². The molecule has 1 saturated heterocycles. The summed E-state index contributed by atoms with van der Waals surface area (Å²) in [6.45, 7) is 7.39. The predicted octanol–water partition coefficient (Wildman–Crippen LogP) is 2.24. The molecule has 0 bridgehead atoms. The summed E-state index contributed by atoms with van der Waals surface area (Å²) in [5.41, 5.74) is 1.71. The van der Waals surface area contributed by atoms with Crippen molar-refractivity contribution in [2.24, 2.45) is 0 Å². The van der Waals surface area contributed by atoms with Gasteiger partial charge in [-0.15, -0.1) is 11.3 Å². The van der Waals surface area contributed by atoms with E-state index in [4.69, 9.17) is 4.74 Å². The van der Waals surface area contributed by atoms with Crippen molar-refractivity contribution in [3.05, 3.63) is 57.0 Å². The normalized spacial score (nSPS) is 15.8. The van der Waals surface area contributed by atoms with E-state index in [0.29, 0.717) is 19.8 Å². The lowest BCUT2D eigenvalue weighted by Crippen LogP contribution is -3.15. The van der Waals surface area contributed by atoms with E-state index < -0.39 is 0 Å². The molecule has 1 aliphatic rings. The maximum Gasteiger partial charge on any atom is 0.220 e. The van der Waals surface area contributed by atoms with Crippen molar-refractivity contribution in [2.75, 3.05) is 32.8 Å². The molecule has 1 aromatic heterocycles. The van der Waals surface area contributed by atoms with Crippen LogP contribution in [0, 0.1) is 19.7 Å². The fourth-order valence-corrected chi connectivity index (χ4v) is 4.69. The van der Waals surface area contributed by atoms with Crippen molar-refractivity contribution in [1.29, 1.82) is 0 Å². The van der Waals surface area contributed by atoms with Crippen LogP contribution in [-0.4, -0.2) is 44.5 Å². The minimum Gasteiger partial charge on any atom is -0.370 e. The number of thiophene rings is 1. The molecule has 1 aromatic carbocycles. The largest absolute Gasteiger partial charge is 0.370 e. The molecule has 1 fully saturated rings. The zero-order chi connectivity index (χ0) is 20.8. The fraction of sp³-hybridized carbons (Fsp3) is 0.455. The molecule has 0 radical (unpaired) electrons. The number of aryl methyl sites for hydroxylation is 2. The van der Waals surface area contributed by atoms with Crippen molar-refractivity contribution in [1.82, 2.24) is 5.32 Å². The molecule has 0 spiro atoms. The van der Waals surface area contributed by atoms with Gasteiger partial charge in [-0.05, 0) is 32.0 Å². The summed E-state index contributed by atoms with van der Waals surface area (Å²) in [5, 5.41) is 2.98. The first-order chi connectivity index (χ1) is 13.9. The molecule has 0 aliphatic carbocycles. The van der Waals surface area contributed by atoms with Crippen molar-refractivity contribution >= 4 is 23.0 Å². The lowest BCUT2D eigenvalue weighted by Gasteiger charge is -2.32. The fourth-order valence-electron chi connectivity index (χ4n) is 3.75. The second kappa shape index (κ2) is 10.1. The van der Waals surface area contributed by atoms with Crippen LogP contribution in [0.3, 0.4) is 0 Å². The third kappa shape index (κ3) is 5.95. The predicted molar refractivity (Wildman–Crippen MR) is 111 cm³/mol. The molecule has 2 N–H and O–H groups in total. The van der Waals surface area contributed by atoms with Gasteiger partial charge in [-0.2, -0.15) is 0 Å². The first-order valence-corrected chi connectivity index (χ1v) is 10.8. The van der Waals surface area contributed by atoms with Gasteiger partial charge in [0.25, 0.3) is 0 Å². The Hall–Kier alpha value is -2.09. The molecule has 5 nitrogen and oxygen atoms in total. The number of morpholine rings is 1. The minimum absolute atomic E-state index is 0.0101. The highest BCUT2D eigenvalue weighted by molar-refractivity contribution is 7.12. The maximum atomic E-state index is 13.3. The number of nitrogens with one attached hydrogen (secondary N) is 2. The summed E-state index contributed by atoms with van der Waals surface area (Å²) in [6, 6.07) is 8.38. The molecule has 0 saturated carbocycles. The third-order valence-electron chi connectivity index (χ3n) is 5.32. The van der Waals surface area contributed by atoms with E-state index in [1.54, 1.807) is 23.5 Å². The highest BCUT2D eigenvalue weighted by atomic mass is 32.1. The van der Waals surface area contributed by atoms with Crippen LogP contribution in [0.1, 0.15) is 44.6 Å².